The molecule has 3 heteroatoms. The van der Waals surface area contributed by atoms with Gasteiger partial charge in [-0.1, -0.05) is 0 Å². The number of ether oxygens (including phenoxy) is 1. The minimum atomic E-state index is -0.399. The van der Waals surface area contributed by atoms with Crippen molar-refractivity contribution in [2.45, 2.75) is 13.0 Å². The Bertz CT molecular complexity index is 38.7. The second-order valence-corrected chi connectivity index (χ2v) is 1.39. The van der Waals surface area contributed by atoms with Gasteiger partial charge < -0.3 is 15.6 Å². The molecule has 1 atom stereocenters. The predicted molar refractivity (Wildman–Crippen MR) is 26.7 cm³/mol. The molecule has 0 aliphatic carbocycles. The fourth-order valence-corrected chi connectivity index (χ4v) is 0.239. The van der Waals surface area contributed by atoms with Crippen LogP contribution in [-0.4, -0.2) is 24.5 Å². The number of rotatable bonds is 3. The average Bonchev–Trinajstić information content (AvgIpc) is 1.61. The summed E-state index contributed by atoms with van der Waals surface area (Å²) in [6.45, 7) is 2.16. The van der Waals surface area contributed by atoms with Crippen molar-refractivity contribution in [3.05, 3.63) is 0 Å². The van der Waals surface area contributed by atoms with E-state index in [-0.39, 0.29) is 6.73 Å². The lowest BCUT2D eigenvalue weighted by Crippen LogP contribution is -2.14. The van der Waals surface area contributed by atoms with Gasteiger partial charge in [0.25, 0.3) is 0 Å². The van der Waals surface area contributed by atoms with E-state index >= 15 is 0 Å². The Morgan fingerprint density at radius 2 is 2.43 bits per heavy atom. The molecule has 0 rings (SSSR count). The smallest absolute Gasteiger partial charge is 0.0941 e. The van der Waals surface area contributed by atoms with Crippen LogP contribution in [0.5, 0.6) is 0 Å². The maximum atomic E-state index is 8.50. The van der Waals surface area contributed by atoms with Gasteiger partial charge in [0, 0.05) is 0 Å². The molecule has 0 bridgehead atoms. The largest absolute Gasteiger partial charge is 0.391 e. The van der Waals surface area contributed by atoms with Gasteiger partial charge in [-0.25, -0.2) is 0 Å². The van der Waals surface area contributed by atoms with Crippen molar-refractivity contribution >= 4 is 0 Å². The maximum Gasteiger partial charge on any atom is 0.0941 e. The van der Waals surface area contributed by atoms with E-state index in [1.54, 1.807) is 6.92 Å². The predicted octanol–water partition coefficient (Wildman–Crippen LogP) is -0.700. The number of aliphatic hydroxyl groups is 1. The van der Waals surface area contributed by atoms with Gasteiger partial charge in [-0.2, -0.15) is 0 Å². The van der Waals surface area contributed by atoms with E-state index in [1.165, 1.54) is 0 Å². The number of aliphatic hydroxyl groups excluding tert-OH is 1. The van der Waals surface area contributed by atoms with Crippen LogP contribution in [0.3, 0.4) is 0 Å². The number of hydrogen-bond donors (Lipinski definition) is 2. The summed E-state index contributed by atoms with van der Waals surface area (Å²) in [4.78, 5) is 0. The first kappa shape index (κ1) is 6.88. The first-order chi connectivity index (χ1) is 3.27. The molecular formula is C4H11NO2. The lowest BCUT2D eigenvalue weighted by molar-refractivity contribution is 0.0494. The summed E-state index contributed by atoms with van der Waals surface area (Å²) in [5.74, 6) is 0. The monoisotopic (exact) mass is 105 g/mol. The molecule has 0 aromatic carbocycles. The van der Waals surface area contributed by atoms with Crippen molar-refractivity contribution in [3.8, 4) is 0 Å². The van der Waals surface area contributed by atoms with E-state index in [2.05, 4.69) is 4.74 Å². The topological polar surface area (TPSA) is 55.5 Å². The van der Waals surface area contributed by atoms with Crippen molar-refractivity contribution in [2.24, 2.45) is 5.73 Å². The van der Waals surface area contributed by atoms with E-state index in [0.717, 1.165) is 0 Å². The highest BCUT2D eigenvalue weighted by Crippen LogP contribution is 1.77. The first-order valence-corrected chi connectivity index (χ1v) is 2.23. The summed E-state index contributed by atoms with van der Waals surface area (Å²) < 4.78 is 4.62. The third-order valence-electron chi connectivity index (χ3n) is 0.477. The quantitative estimate of drug-likeness (QED) is 0.467. The van der Waals surface area contributed by atoms with Gasteiger partial charge in [-0.3, -0.25) is 0 Å². The van der Waals surface area contributed by atoms with Crippen molar-refractivity contribution in [1.82, 2.24) is 0 Å². The Hall–Kier alpha value is -0.120. The summed E-state index contributed by atoms with van der Waals surface area (Å²) in [6.07, 6.45) is -0.399. The Kier molecular flexibility index (Phi) is 3.98. The van der Waals surface area contributed by atoms with E-state index in [0.29, 0.717) is 6.61 Å². The standard InChI is InChI=1S/C4H11NO2/c1-4(6)2-7-3-5/h4,6H,2-3,5H2,1H3. The fraction of sp³-hybridized carbons (Fsp3) is 1.00. The van der Waals surface area contributed by atoms with Crippen molar-refractivity contribution in [2.75, 3.05) is 13.3 Å². The molecule has 0 aromatic rings. The van der Waals surface area contributed by atoms with Crippen LogP contribution in [0.25, 0.3) is 0 Å². The lowest BCUT2D eigenvalue weighted by Gasteiger charge is -2.00. The van der Waals surface area contributed by atoms with Gasteiger partial charge in [-0.15, -0.1) is 0 Å². The third kappa shape index (κ3) is 5.88. The molecule has 0 amide bonds. The van der Waals surface area contributed by atoms with Crippen LogP contribution < -0.4 is 5.73 Å². The van der Waals surface area contributed by atoms with Crippen molar-refractivity contribution in [3.63, 3.8) is 0 Å². The summed E-state index contributed by atoms with van der Waals surface area (Å²) in [6, 6.07) is 0. The van der Waals surface area contributed by atoms with Gasteiger partial charge in [0.1, 0.15) is 0 Å². The lowest BCUT2D eigenvalue weighted by atomic mass is 10.5. The zero-order valence-electron chi connectivity index (χ0n) is 4.42. The van der Waals surface area contributed by atoms with Crippen LogP contribution in [0.1, 0.15) is 6.92 Å². The minimum Gasteiger partial charge on any atom is -0.391 e. The molecule has 0 aromatic heterocycles. The summed E-state index contributed by atoms with van der Waals surface area (Å²) in [7, 11) is 0. The first-order valence-electron chi connectivity index (χ1n) is 2.23. The van der Waals surface area contributed by atoms with Crippen LogP contribution in [0, 0.1) is 0 Å². The zero-order chi connectivity index (χ0) is 5.70. The van der Waals surface area contributed by atoms with Gasteiger partial charge in [0.15, 0.2) is 0 Å². The van der Waals surface area contributed by atoms with Gasteiger partial charge in [0.2, 0.25) is 0 Å². The van der Waals surface area contributed by atoms with Crippen LogP contribution in [-0.2, 0) is 4.74 Å². The summed E-state index contributed by atoms with van der Waals surface area (Å²) >= 11 is 0. The second kappa shape index (κ2) is 4.05. The molecule has 0 saturated carbocycles. The van der Waals surface area contributed by atoms with E-state index in [1.807, 2.05) is 0 Å². The minimum absolute atomic E-state index is 0.185. The second-order valence-electron chi connectivity index (χ2n) is 1.39. The molecular weight excluding hydrogens is 94.0 g/mol. The highest BCUT2D eigenvalue weighted by molar-refractivity contribution is 4.38. The molecule has 1 unspecified atom stereocenters. The molecule has 3 nitrogen and oxygen atoms in total. The molecule has 0 fully saturated rings. The van der Waals surface area contributed by atoms with Crippen LogP contribution in [0.15, 0.2) is 0 Å². The van der Waals surface area contributed by atoms with Crippen LogP contribution in [0.4, 0.5) is 0 Å². The Morgan fingerprint density at radius 3 is 2.57 bits per heavy atom. The molecule has 0 heterocycles. The number of hydrogen-bond acceptors (Lipinski definition) is 3. The molecule has 0 aliphatic heterocycles. The van der Waals surface area contributed by atoms with E-state index in [9.17, 15) is 0 Å². The SMILES string of the molecule is CC(O)COCN. The van der Waals surface area contributed by atoms with Gasteiger partial charge in [0.05, 0.1) is 19.4 Å². The Balaban J connectivity index is 2.68. The molecule has 44 valence electrons. The van der Waals surface area contributed by atoms with E-state index in [4.69, 9.17) is 10.8 Å². The van der Waals surface area contributed by atoms with Crippen molar-refractivity contribution in [1.29, 1.82) is 0 Å². The molecule has 0 saturated heterocycles. The fourth-order valence-electron chi connectivity index (χ4n) is 0.239. The molecule has 3 N–H and O–H groups in total. The Labute approximate surface area is 43.1 Å². The number of nitrogens with two attached hydrogens (primary N) is 1. The molecule has 0 spiro atoms. The zero-order valence-corrected chi connectivity index (χ0v) is 4.42. The van der Waals surface area contributed by atoms with Crippen LogP contribution in [0.2, 0.25) is 0 Å². The van der Waals surface area contributed by atoms with E-state index < -0.39 is 6.10 Å². The highest BCUT2D eigenvalue weighted by atomic mass is 16.5. The third-order valence-corrected chi connectivity index (χ3v) is 0.477. The molecule has 7 heavy (non-hydrogen) atoms. The molecule has 0 radical (unpaired) electrons. The normalized spacial score (nSPS) is 14.1. The van der Waals surface area contributed by atoms with Gasteiger partial charge >= 0.3 is 0 Å². The van der Waals surface area contributed by atoms with Crippen molar-refractivity contribution < 1.29 is 9.84 Å². The van der Waals surface area contributed by atoms with Gasteiger partial charge in [-0.05, 0) is 6.92 Å². The average molecular weight is 105 g/mol. The Morgan fingerprint density at radius 1 is 1.86 bits per heavy atom. The molecule has 0 aliphatic rings. The summed E-state index contributed by atoms with van der Waals surface area (Å²) in [5, 5.41) is 8.50. The summed E-state index contributed by atoms with van der Waals surface area (Å²) in [5.41, 5.74) is 4.94. The highest BCUT2D eigenvalue weighted by Gasteiger charge is 1.90. The maximum absolute atomic E-state index is 8.50. The van der Waals surface area contributed by atoms with Crippen LogP contribution >= 0.6 is 0 Å².